The van der Waals surface area contributed by atoms with Crippen LogP contribution in [-0.2, 0) is 0 Å². The molecule has 176 valence electrons. The molecular formula is C22H28S10. The van der Waals surface area contributed by atoms with Crippen LogP contribution < -0.4 is 0 Å². The van der Waals surface area contributed by atoms with Gasteiger partial charge in [-0.2, -0.15) is 0 Å². The second kappa shape index (κ2) is 13.0. The Bertz CT molecular complexity index is 888. The molecule has 0 radical (unpaired) electrons. The van der Waals surface area contributed by atoms with Gasteiger partial charge in [-0.25, -0.2) is 0 Å². The molecule has 3 aliphatic heterocycles. The van der Waals surface area contributed by atoms with Crippen molar-refractivity contribution in [3.05, 3.63) is 60.5 Å². The lowest BCUT2D eigenvalue weighted by molar-refractivity contribution is 0.888. The van der Waals surface area contributed by atoms with Gasteiger partial charge in [-0.3, -0.25) is 0 Å². The fourth-order valence-electron chi connectivity index (χ4n) is 2.48. The van der Waals surface area contributed by atoms with Crippen LogP contribution in [0.2, 0.25) is 0 Å². The largest absolute Gasteiger partial charge is 0.139 e. The average molecular weight is 613 g/mol. The van der Waals surface area contributed by atoms with E-state index in [4.69, 9.17) is 0 Å². The van der Waals surface area contributed by atoms with Crippen LogP contribution in [0.15, 0.2) is 60.5 Å². The highest BCUT2D eigenvalue weighted by Gasteiger charge is 2.35. The molecule has 3 aliphatic rings. The van der Waals surface area contributed by atoms with E-state index in [0.29, 0.717) is 0 Å². The van der Waals surface area contributed by atoms with Crippen LogP contribution >= 0.6 is 118 Å². The van der Waals surface area contributed by atoms with Gasteiger partial charge in [0.15, 0.2) is 0 Å². The third kappa shape index (κ3) is 7.97. The summed E-state index contributed by atoms with van der Waals surface area (Å²) < 4.78 is 7.15. The van der Waals surface area contributed by atoms with E-state index in [1.165, 1.54) is 31.0 Å². The van der Waals surface area contributed by atoms with Crippen molar-refractivity contribution in [1.82, 2.24) is 0 Å². The van der Waals surface area contributed by atoms with Crippen LogP contribution in [0.3, 0.4) is 0 Å². The van der Waals surface area contributed by atoms with Gasteiger partial charge < -0.3 is 0 Å². The third-order valence-corrected chi connectivity index (χ3v) is 18.2. The minimum atomic E-state index is 0.108. The highest BCUT2D eigenvalue weighted by molar-refractivity contribution is 8.38. The van der Waals surface area contributed by atoms with E-state index < -0.39 is 0 Å². The van der Waals surface area contributed by atoms with E-state index in [1.54, 1.807) is 11.8 Å². The van der Waals surface area contributed by atoms with E-state index in [-0.39, 0.29) is 9.49 Å². The summed E-state index contributed by atoms with van der Waals surface area (Å²) in [5.41, 5.74) is 0. The number of allylic oxidation sites excluding steroid dienone is 2. The van der Waals surface area contributed by atoms with Gasteiger partial charge in [-0.1, -0.05) is 89.3 Å². The maximum Gasteiger partial charge on any atom is 0.0576 e. The molecule has 0 aliphatic carbocycles. The first-order valence-corrected chi connectivity index (χ1v) is 18.9. The standard InChI is InChI=1S/C22H28S10/c1-8-16-24-11-18(30-16)25-12-28-22(6,7)19-20(32-17(9-2)31-19)26-13-27-21(4,5)15-10-23-14(3)29-15/h8-11H,3,12-13H2,1-2,4-7H3/b16-8+,17-9-. The zero-order valence-corrected chi connectivity index (χ0v) is 27.2. The van der Waals surface area contributed by atoms with Crippen molar-refractivity contribution in [3.63, 3.8) is 0 Å². The molecule has 3 heterocycles. The summed E-state index contributed by atoms with van der Waals surface area (Å²) in [6, 6.07) is 0. The molecule has 0 amide bonds. The molecule has 0 aromatic heterocycles. The fraction of sp³-hybridized carbons (Fsp3) is 0.455. The summed E-state index contributed by atoms with van der Waals surface area (Å²) in [6.45, 7) is 17.8. The fourth-order valence-corrected chi connectivity index (χ4v) is 16.5. The van der Waals surface area contributed by atoms with Crippen molar-refractivity contribution >= 4 is 118 Å². The van der Waals surface area contributed by atoms with Gasteiger partial charge in [0.2, 0.25) is 0 Å². The predicted octanol–water partition coefficient (Wildman–Crippen LogP) is 11.8. The van der Waals surface area contributed by atoms with E-state index in [1.807, 2.05) is 94.1 Å². The SMILES string of the molecule is C=C1SC=C(C(C)(C)SCSC2=C(C(C)(C)SCSC3=CS/C(=C\C)S3)S/C(=C/C)S2)S1. The number of rotatable bonds is 10. The molecule has 10 heteroatoms. The minimum absolute atomic E-state index is 0.108. The second-order valence-electron chi connectivity index (χ2n) is 7.60. The smallest absolute Gasteiger partial charge is 0.0576 e. The first-order valence-electron chi connectivity index (χ1n) is 9.90. The molecular weight excluding hydrogens is 585 g/mol. The molecule has 0 saturated carbocycles. The zero-order valence-electron chi connectivity index (χ0n) is 19.0. The lowest BCUT2D eigenvalue weighted by Gasteiger charge is -2.27. The highest BCUT2D eigenvalue weighted by atomic mass is 32.3. The molecule has 0 unspecified atom stereocenters. The molecule has 0 N–H and O–H groups in total. The molecule has 0 fully saturated rings. The number of hydrogen-bond donors (Lipinski definition) is 0. The Morgan fingerprint density at radius 1 is 0.812 bits per heavy atom. The van der Waals surface area contributed by atoms with Crippen molar-refractivity contribution in [2.75, 3.05) is 10.2 Å². The Balaban J connectivity index is 1.58. The molecule has 0 aromatic rings. The Labute approximate surface area is 236 Å². The van der Waals surface area contributed by atoms with Gasteiger partial charge in [-0.05, 0) is 52.4 Å². The van der Waals surface area contributed by atoms with Crippen molar-refractivity contribution in [1.29, 1.82) is 0 Å². The maximum absolute atomic E-state index is 4.10. The highest BCUT2D eigenvalue weighted by Crippen LogP contribution is 2.61. The van der Waals surface area contributed by atoms with Gasteiger partial charge in [-0.15, -0.1) is 47.0 Å². The first-order chi connectivity index (χ1) is 15.1. The molecule has 0 saturated heterocycles. The molecule has 0 atom stereocenters. The van der Waals surface area contributed by atoms with Crippen LogP contribution in [0.4, 0.5) is 0 Å². The summed E-state index contributed by atoms with van der Waals surface area (Å²) in [7, 11) is 0. The van der Waals surface area contributed by atoms with Crippen LogP contribution in [0.1, 0.15) is 41.5 Å². The summed E-state index contributed by atoms with van der Waals surface area (Å²) in [5, 5.41) is 6.71. The molecule has 0 nitrogen and oxygen atoms in total. The zero-order chi connectivity index (χ0) is 23.4. The summed E-state index contributed by atoms with van der Waals surface area (Å²) in [5.74, 6) is 0. The Kier molecular flexibility index (Phi) is 11.5. The van der Waals surface area contributed by atoms with Gasteiger partial charge in [0, 0.05) is 42.2 Å². The third-order valence-electron chi connectivity index (χ3n) is 4.42. The van der Waals surface area contributed by atoms with E-state index in [9.17, 15) is 0 Å². The monoisotopic (exact) mass is 612 g/mol. The van der Waals surface area contributed by atoms with Gasteiger partial charge in [0.25, 0.3) is 0 Å². The number of thioether (sulfide) groups is 10. The van der Waals surface area contributed by atoms with Crippen molar-refractivity contribution in [3.8, 4) is 0 Å². The number of hydrogen-bond acceptors (Lipinski definition) is 10. The average Bonchev–Trinajstić information content (AvgIpc) is 3.47. The quantitative estimate of drug-likeness (QED) is 0.217. The second-order valence-corrected chi connectivity index (χ2v) is 21.0. The topological polar surface area (TPSA) is 0 Å². The Hall–Kier alpha value is 1.94. The van der Waals surface area contributed by atoms with E-state index >= 15 is 0 Å². The Morgan fingerprint density at radius 3 is 2.12 bits per heavy atom. The van der Waals surface area contributed by atoms with Gasteiger partial charge in [0.1, 0.15) is 0 Å². The summed E-state index contributed by atoms with van der Waals surface area (Å²) in [6.07, 6.45) is 4.46. The minimum Gasteiger partial charge on any atom is -0.139 e. The lowest BCUT2D eigenvalue weighted by Crippen LogP contribution is -2.17. The Morgan fingerprint density at radius 2 is 1.50 bits per heavy atom. The van der Waals surface area contributed by atoms with Crippen LogP contribution in [0.25, 0.3) is 0 Å². The molecule has 0 spiro atoms. The summed E-state index contributed by atoms with van der Waals surface area (Å²) in [4.78, 5) is 2.96. The van der Waals surface area contributed by atoms with Crippen molar-refractivity contribution < 1.29 is 0 Å². The van der Waals surface area contributed by atoms with Gasteiger partial charge >= 0.3 is 0 Å². The molecule has 32 heavy (non-hydrogen) atoms. The van der Waals surface area contributed by atoms with E-state index in [0.717, 1.165) is 10.2 Å². The van der Waals surface area contributed by atoms with Crippen molar-refractivity contribution in [2.45, 2.75) is 51.0 Å². The molecule has 3 rings (SSSR count). The van der Waals surface area contributed by atoms with Crippen LogP contribution in [0, 0.1) is 0 Å². The van der Waals surface area contributed by atoms with E-state index in [2.05, 4.69) is 82.9 Å². The molecule has 0 bridgehead atoms. The van der Waals surface area contributed by atoms with Crippen molar-refractivity contribution in [2.24, 2.45) is 0 Å². The maximum atomic E-state index is 4.10. The van der Waals surface area contributed by atoms with Crippen LogP contribution in [0.5, 0.6) is 0 Å². The lowest BCUT2D eigenvalue weighted by atomic mass is 10.2. The summed E-state index contributed by atoms with van der Waals surface area (Å²) >= 11 is 19.4. The molecule has 0 aromatic carbocycles. The van der Waals surface area contributed by atoms with Crippen LogP contribution in [-0.4, -0.2) is 19.7 Å². The predicted molar refractivity (Wildman–Crippen MR) is 174 cm³/mol. The first kappa shape index (κ1) is 28.5. The normalized spacial score (nSPS) is 22.5. The van der Waals surface area contributed by atoms with Gasteiger partial charge in [0.05, 0.1) is 8.47 Å².